The number of nitrogens with two attached hydrogens (primary N) is 1. The van der Waals surface area contributed by atoms with Crippen LogP contribution < -0.4 is 5.73 Å². The highest BCUT2D eigenvalue weighted by atomic mass is 17.2. The third-order valence-electron chi connectivity index (χ3n) is 4.65. The fraction of sp³-hybridized carbons (Fsp3) is 0.773. The van der Waals surface area contributed by atoms with Crippen molar-refractivity contribution in [2.45, 2.75) is 96.8 Å². The largest absolute Gasteiger partial charge is 0.374 e. The summed E-state index contributed by atoms with van der Waals surface area (Å²) in [5.74, 6) is -1.58. The van der Waals surface area contributed by atoms with Crippen LogP contribution in [0.15, 0.2) is 12.2 Å². The number of hydrogen-bond donors (Lipinski definition) is 2. The van der Waals surface area contributed by atoms with E-state index in [1.807, 2.05) is 0 Å². The normalized spacial score (nSPS) is 10.8. The molecule has 0 rings (SSSR count). The van der Waals surface area contributed by atoms with Crippen LogP contribution in [0.4, 0.5) is 0 Å². The molecule has 0 saturated carbocycles. The van der Waals surface area contributed by atoms with Gasteiger partial charge in [0.2, 0.25) is 0 Å². The first-order valence-electron chi connectivity index (χ1n) is 11.1. The van der Waals surface area contributed by atoms with Gasteiger partial charge in [0.15, 0.2) is 5.96 Å². The van der Waals surface area contributed by atoms with Crippen LogP contribution in [-0.2, 0) is 19.4 Å². The molecule has 0 aromatic carbocycles. The maximum Gasteiger partial charge on any atom is 0.374 e. The maximum absolute atomic E-state index is 11.5. The fourth-order valence-electron chi connectivity index (χ4n) is 2.78. The van der Waals surface area contributed by atoms with Crippen LogP contribution in [0.5, 0.6) is 0 Å². The quantitative estimate of drug-likeness (QED) is 0.0885. The zero-order chi connectivity index (χ0) is 21.7. The van der Waals surface area contributed by atoms with Crippen LogP contribution in [0, 0.1) is 5.41 Å². The molecular formula is C22H41N3O4. The zero-order valence-electron chi connectivity index (χ0n) is 18.4. The van der Waals surface area contributed by atoms with Crippen LogP contribution in [0.25, 0.3) is 0 Å². The van der Waals surface area contributed by atoms with Gasteiger partial charge in [-0.2, -0.15) is 0 Å². The Balaban J connectivity index is 3.41. The van der Waals surface area contributed by atoms with Gasteiger partial charge in [0, 0.05) is 7.05 Å². The maximum atomic E-state index is 11.5. The molecule has 0 aliphatic rings. The Kier molecular flexibility index (Phi) is 17.9. The number of rotatable bonds is 17. The number of guanidine groups is 1. The van der Waals surface area contributed by atoms with E-state index in [0.717, 1.165) is 32.1 Å². The minimum Gasteiger partial charge on any atom is -0.370 e. The van der Waals surface area contributed by atoms with Crippen molar-refractivity contribution in [3.63, 3.8) is 0 Å². The highest BCUT2D eigenvalue weighted by molar-refractivity contribution is 5.81. The second-order valence-electron chi connectivity index (χ2n) is 7.49. The van der Waals surface area contributed by atoms with Gasteiger partial charge in [0.05, 0.1) is 6.42 Å². The van der Waals surface area contributed by atoms with Crippen molar-refractivity contribution in [1.29, 1.82) is 5.41 Å². The van der Waals surface area contributed by atoms with E-state index in [-0.39, 0.29) is 18.9 Å². The lowest BCUT2D eigenvalue weighted by Gasteiger charge is -2.14. The minimum atomic E-state index is -0.763. The number of allylic oxidation sites excluding steroid dienone is 2. The molecule has 3 N–H and O–H groups in total. The van der Waals surface area contributed by atoms with Crippen molar-refractivity contribution < 1.29 is 19.4 Å². The van der Waals surface area contributed by atoms with Gasteiger partial charge < -0.3 is 10.6 Å². The third-order valence-corrected chi connectivity index (χ3v) is 4.65. The van der Waals surface area contributed by atoms with E-state index in [9.17, 15) is 9.59 Å². The molecule has 0 amide bonds. The monoisotopic (exact) mass is 411 g/mol. The molecule has 0 aromatic heterocycles. The predicted octanol–water partition coefficient (Wildman–Crippen LogP) is 4.85. The lowest BCUT2D eigenvalue weighted by Crippen LogP contribution is -2.37. The molecule has 7 nitrogen and oxygen atoms in total. The number of likely N-dealkylation sites (N-methyl/N-ethyl adjacent to an activating group) is 1. The van der Waals surface area contributed by atoms with Crippen LogP contribution in [0.2, 0.25) is 0 Å². The van der Waals surface area contributed by atoms with Gasteiger partial charge in [0.1, 0.15) is 6.54 Å². The Morgan fingerprint density at radius 1 is 0.828 bits per heavy atom. The molecular weight excluding hydrogens is 370 g/mol. The van der Waals surface area contributed by atoms with Crippen LogP contribution in [0.3, 0.4) is 0 Å². The highest BCUT2D eigenvalue weighted by Gasteiger charge is 2.12. The van der Waals surface area contributed by atoms with E-state index >= 15 is 0 Å². The van der Waals surface area contributed by atoms with E-state index in [1.165, 1.54) is 63.3 Å². The average Bonchev–Trinajstić information content (AvgIpc) is 2.69. The molecule has 0 spiro atoms. The average molecular weight is 412 g/mol. The molecule has 0 saturated heterocycles. The molecule has 29 heavy (non-hydrogen) atoms. The van der Waals surface area contributed by atoms with Crippen molar-refractivity contribution in [3.8, 4) is 0 Å². The lowest BCUT2D eigenvalue weighted by atomic mass is 10.1. The summed E-state index contributed by atoms with van der Waals surface area (Å²) in [5, 5.41) is 7.13. The van der Waals surface area contributed by atoms with Crippen LogP contribution in [-0.4, -0.2) is 36.4 Å². The van der Waals surface area contributed by atoms with Crippen molar-refractivity contribution in [2.24, 2.45) is 5.73 Å². The van der Waals surface area contributed by atoms with Gasteiger partial charge in [-0.15, -0.1) is 0 Å². The van der Waals surface area contributed by atoms with Crippen molar-refractivity contribution in [3.05, 3.63) is 12.2 Å². The Bertz CT molecular complexity index is 481. The van der Waals surface area contributed by atoms with Gasteiger partial charge >= 0.3 is 11.9 Å². The van der Waals surface area contributed by atoms with E-state index < -0.39 is 11.9 Å². The van der Waals surface area contributed by atoms with Gasteiger partial charge in [-0.05, 0) is 32.1 Å². The smallest absolute Gasteiger partial charge is 0.370 e. The number of nitrogens with zero attached hydrogens (tertiary/aromatic N) is 1. The lowest BCUT2D eigenvalue weighted by molar-refractivity contribution is -0.259. The number of hydrogen-bond acceptors (Lipinski definition) is 5. The summed E-state index contributed by atoms with van der Waals surface area (Å²) in [6, 6.07) is 0. The molecule has 0 radical (unpaired) electrons. The molecule has 0 heterocycles. The number of nitrogens with one attached hydrogen (secondary N) is 1. The summed E-state index contributed by atoms with van der Waals surface area (Å²) < 4.78 is 0. The van der Waals surface area contributed by atoms with Crippen LogP contribution in [0.1, 0.15) is 96.8 Å². The summed E-state index contributed by atoms with van der Waals surface area (Å²) in [6.07, 6.45) is 20.3. The molecule has 0 aliphatic carbocycles. The standard InChI is InChI=1S/C22H41N3O4/c1-3-4-5-6-7-8-9-10-11-12-13-14-15-16-17-18-20(26)28-29-21(27)19-25(2)22(23)24/h10-11H,3-9,12-19H2,1-2H3,(H3,23,24)/b11-10-. The summed E-state index contributed by atoms with van der Waals surface area (Å²) in [5.41, 5.74) is 5.20. The second kappa shape index (κ2) is 19.3. The topological polar surface area (TPSA) is 106 Å². The third kappa shape index (κ3) is 19.1. The first kappa shape index (κ1) is 27.0. The number of carbonyl (C=O) groups is 2. The minimum absolute atomic E-state index is 0.230. The molecule has 0 bridgehead atoms. The predicted molar refractivity (Wildman–Crippen MR) is 116 cm³/mol. The molecule has 0 unspecified atom stereocenters. The molecule has 0 atom stereocenters. The molecule has 0 fully saturated rings. The molecule has 0 aliphatic heterocycles. The SMILES string of the molecule is CCCCCCCC/C=C\CCCCCCCC(=O)OOC(=O)CN(C)C(=N)N. The van der Waals surface area contributed by atoms with Crippen molar-refractivity contribution >= 4 is 17.9 Å². The summed E-state index contributed by atoms with van der Waals surface area (Å²) in [6.45, 7) is 2.01. The summed E-state index contributed by atoms with van der Waals surface area (Å²) >= 11 is 0. The van der Waals surface area contributed by atoms with Crippen LogP contribution >= 0.6 is 0 Å². The number of unbranched alkanes of at least 4 members (excludes halogenated alkanes) is 11. The molecule has 168 valence electrons. The Hall–Kier alpha value is -2.05. The van der Waals surface area contributed by atoms with Gasteiger partial charge in [-0.3, -0.25) is 5.41 Å². The van der Waals surface area contributed by atoms with E-state index in [0.29, 0.717) is 0 Å². The van der Waals surface area contributed by atoms with Gasteiger partial charge in [0.25, 0.3) is 0 Å². The van der Waals surface area contributed by atoms with E-state index in [2.05, 4.69) is 28.9 Å². The van der Waals surface area contributed by atoms with Crippen molar-refractivity contribution in [2.75, 3.05) is 13.6 Å². The zero-order valence-corrected chi connectivity index (χ0v) is 18.4. The fourth-order valence-corrected chi connectivity index (χ4v) is 2.78. The van der Waals surface area contributed by atoms with Gasteiger partial charge in [-0.25, -0.2) is 19.4 Å². The Morgan fingerprint density at radius 2 is 1.31 bits per heavy atom. The summed E-state index contributed by atoms with van der Waals surface area (Å²) in [7, 11) is 1.47. The Labute approximate surface area is 176 Å². The Morgan fingerprint density at radius 3 is 1.86 bits per heavy atom. The molecule has 0 aromatic rings. The van der Waals surface area contributed by atoms with E-state index in [1.54, 1.807) is 0 Å². The van der Waals surface area contributed by atoms with Gasteiger partial charge in [-0.1, -0.05) is 70.4 Å². The molecule has 7 heteroatoms. The highest BCUT2D eigenvalue weighted by Crippen LogP contribution is 2.10. The first-order chi connectivity index (χ1) is 14.0. The van der Waals surface area contributed by atoms with Crippen molar-refractivity contribution in [1.82, 2.24) is 4.90 Å². The first-order valence-corrected chi connectivity index (χ1v) is 11.1. The second-order valence-corrected chi connectivity index (χ2v) is 7.49. The number of carbonyl (C=O) groups excluding carboxylic acids is 2. The van der Waals surface area contributed by atoms with E-state index in [4.69, 9.17) is 11.1 Å². The summed E-state index contributed by atoms with van der Waals surface area (Å²) in [4.78, 5) is 32.9.